The van der Waals surface area contributed by atoms with Crippen LogP contribution in [0.2, 0.25) is 10.0 Å². The van der Waals surface area contributed by atoms with E-state index in [1.807, 2.05) is 0 Å². The predicted molar refractivity (Wildman–Crippen MR) is 140 cm³/mol. The van der Waals surface area contributed by atoms with Gasteiger partial charge in [0.15, 0.2) is 17.8 Å². The van der Waals surface area contributed by atoms with Crippen LogP contribution in [-0.4, -0.2) is 73.8 Å². The summed E-state index contributed by atoms with van der Waals surface area (Å²) in [4.78, 5) is 19.6. The molecule has 0 aliphatic carbocycles. The summed E-state index contributed by atoms with van der Waals surface area (Å²) in [6.45, 7) is -0.454. The molecule has 39 heavy (non-hydrogen) atoms. The van der Waals surface area contributed by atoms with Crippen molar-refractivity contribution in [3.8, 4) is 17.1 Å². The summed E-state index contributed by atoms with van der Waals surface area (Å²) in [6, 6.07) is 13.0. The van der Waals surface area contributed by atoms with Gasteiger partial charge in [-0.3, -0.25) is 4.57 Å². The number of aromatic nitrogens is 6. The molecule has 4 rings (SSSR count). The van der Waals surface area contributed by atoms with E-state index in [2.05, 4.69) is 15.2 Å². The highest BCUT2D eigenvalue weighted by atomic mass is 35.5. The van der Waals surface area contributed by atoms with Crippen molar-refractivity contribution in [2.75, 3.05) is 32.2 Å². The van der Waals surface area contributed by atoms with Gasteiger partial charge in [0.1, 0.15) is 6.54 Å². The van der Waals surface area contributed by atoms with Crippen molar-refractivity contribution in [2.24, 2.45) is 0 Å². The Morgan fingerprint density at radius 1 is 1.10 bits per heavy atom. The van der Waals surface area contributed by atoms with E-state index in [4.69, 9.17) is 27.9 Å². The van der Waals surface area contributed by atoms with E-state index in [1.165, 1.54) is 28.9 Å². The summed E-state index contributed by atoms with van der Waals surface area (Å²) in [6.07, 6.45) is -7.71. The van der Waals surface area contributed by atoms with Gasteiger partial charge in [-0.05, 0) is 36.4 Å². The second-order valence-electron chi connectivity index (χ2n) is 8.54. The Kier molecular flexibility index (Phi) is 8.64. The number of benzene rings is 2. The van der Waals surface area contributed by atoms with Crippen LogP contribution in [0.5, 0.6) is 0 Å². The van der Waals surface area contributed by atoms with E-state index in [9.17, 15) is 23.1 Å². The standard InChI is InChI=1S/C24H24Cl2F3N7O3/c1-33(11-12-39-2)22-30-20(31-36(22)18-6-4-3-5-17(18)26)14-35-23(38)34(13-19(37)24(27,28)29)21(32-35)15-7-9-16(25)10-8-15/h3-10,19,37H,11-14H2,1-2H3/t19-/m0/s1. The van der Waals surface area contributed by atoms with E-state index < -0.39 is 24.5 Å². The topological polar surface area (TPSA) is 103 Å². The molecular formula is C24H24Cl2F3N7O3. The first kappa shape index (κ1) is 28.6. The highest BCUT2D eigenvalue weighted by molar-refractivity contribution is 6.32. The van der Waals surface area contributed by atoms with E-state index in [0.29, 0.717) is 40.4 Å². The zero-order chi connectivity index (χ0) is 28.3. The van der Waals surface area contributed by atoms with Crippen molar-refractivity contribution < 1.29 is 23.0 Å². The number of anilines is 1. The molecular weight excluding hydrogens is 562 g/mol. The quantitative estimate of drug-likeness (QED) is 0.303. The molecule has 2 heterocycles. The number of rotatable bonds is 10. The molecule has 0 fully saturated rings. The van der Waals surface area contributed by atoms with Gasteiger partial charge in [0, 0.05) is 31.3 Å². The van der Waals surface area contributed by atoms with Gasteiger partial charge < -0.3 is 14.7 Å². The molecule has 1 atom stereocenters. The van der Waals surface area contributed by atoms with Crippen molar-refractivity contribution in [1.29, 1.82) is 0 Å². The number of hydrogen-bond donors (Lipinski definition) is 1. The van der Waals surface area contributed by atoms with Crippen molar-refractivity contribution in [3.05, 3.63) is 74.9 Å². The zero-order valence-corrected chi connectivity index (χ0v) is 22.3. The highest BCUT2D eigenvalue weighted by Gasteiger charge is 2.39. The fourth-order valence-electron chi connectivity index (χ4n) is 3.70. The van der Waals surface area contributed by atoms with Crippen LogP contribution >= 0.6 is 23.2 Å². The molecule has 0 spiro atoms. The fraction of sp³-hybridized carbons (Fsp3) is 0.333. The molecule has 0 aliphatic rings. The van der Waals surface area contributed by atoms with Gasteiger partial charge in [0.25, 0.3) is 0 Å². The minimum Gasteiger partial charge on any atom is -0.383 e. The second-order valence-corrected chi connectivity index (χ2v) is 9.39. The number of alkyl halides is 3. The normalized spacial score (nSPS) is 12.6. The predicted octanol–water partition coefficient (Wildman–Crippen LogP) is 3.65. The molecule has 0 aliphatic heterocycles. The molecule has 2 aromatic carbocycles. The average molecular weight is 586 g/mol. The number of methoxy groups -OCH3 is 1. The summed E-state index contributed by atoms with van der Waals surface area (Å²) in [5, 5.41) is 19.3. The van der Waals surface area contributed by atoms with Crippen LogP contribution in [0.3, 0.4) is 0 Å². The third-order valence-electron chi connectivity index (χ3n) is 5.74. The monoisotopic (exact) mass is 585 g/mol. The lowest BCUT2D eigenvalue weighted by Crippen LogP contribution is -2.37. The molecule has 208 valence electrons. The molecule has 0 unspecified atom stereocenters. The smallest absolute Gasteiger partial charge is 0.383 e. The maximum absolute atomic E-state index is 13.2. The van der Waals surface area contributed by atoms with Gasteiger partial charge >= 0.3 is 11.9 Å². The summed E-state index contributed by atoms with van der Waals surface area (Å²) < 4.78 is 47.8. The number of aliphatic hydroxyl groups is 1. The minimum atomic E-state index is -4.93. The van der Waals surface area contributed by atoms with Gasteiger partial charge in [-0.1, -0.05) is 35.3 Å². The highest BCUT2D eigenvalue weighted by Crippen LogP contribution is 2.26. The third kappa shape index (κ3) is 6.44. The van der Waals surface area contributed by atoms with Crippen LogP contribution in [-0.2, 0) is 17.8 Å². The number of aliphatic hydroxyl groups excluding tert-OH is 1. The van der Waals surface area contributed by atoms with Crippen LogP contribution in [0.4, 0.5) is 19.1 Å². The summed E-state index contributed by atoms with van der Waals surface area (Å²) in [5.41, 5.74) is -0.0176. The number of nitrogens with zero attached hydrogens (tertiary/aromatic N) is 7. The average Bonchev–Trinajstić information content (AvgIpc) is 3.44. The van der Waals surface area contributed by atoms with Crippen LogP contribution in [0.1, 0.15) is 5.82 Å². The first-order valence-electron chi connectivity index (χ1n) is 11.6. The Morgan fingerprint density at radius 3 is 2.44 bits per heavy atom. The van der Waals surface area contributed by atoms with E-state index in [0.717, 1.165) is 9.25 Å². The Balaban J connectivity index is 1.77. The van der Waals surface area contributed by atoms with E-state index in [1.54, 1.807) is 43.3 Å². The first-order valence-corrected chi connectivity index (χ1v) is 12.3. The van der Waals surface area contributed by atoms with Crippen molar-refractivity contribution >= 4 is 29.2 Å². The van der Waals surface area contributed by atoms with Crippen LogP contribution < -0.4 is 10.6 Å². The molecule has 0 saturated heterocycles. The van der Waals surface area contributed by atoms with E-state index in [-0.39, 0.29) is 18.2 Å². The van der Waals surface area contributed by atoms with Gasteiger partial charge in [0.2, 0.25) is 5.95 Å². The Morgan fingerprint density at radius 2 is 1.79 bits per heavy atom. The first-order chi connectivity index (χ1) is 18.5. The van der Waals surface area contributed by atoms with Crippen LogP contribution in [0, 0.1) is 0 Å². The second kappa shape index (κ2) is 11.8. The number of likely N-dealkylation sites (N-methyl/N-ethyl adjacent to an activating group) is 1. The third-order valence-corrected chi connectivity index (χ3v) is 6.31. The molecule has 15 heteroatoms. The molecule has 2 aromatic heterocycles. The summed E-state index contributed by atoms with van der Waals surface area (Å²) in [5.74, 6) is 0.468. The SMILES string of the molecule is COCCN(C)c1nc(Cn2nc(-c3ccc(Cl)cc3)n(C[C@H](O)C(F)(F)F)c2=O)nn1-c1ccccc1Cl. The molecule has 0 saturated carbocycles. The maximum Gasteiger partial charge on any atom is 0.416 e. The Bertz CT molecular complexity index is 1490. The molecule has 4 aromatic rings. The van der Waals surface area contributed by atoms with Crippen LogP contribution in [0.25, 0.3) is 17.1 Å². The van der Waals surface area contributed by atoms with Gasteiger partial charge in [0.05, 0.1) is 23.9 Å². The zero-order valence-electron chi connectivity index (χ0n) is 20.8. The van der Waals surface area contributed by atoms with E-state index >= 15 is 0 Å². The number of hydrogen-bond acceptors (Lipinski definition) is 7. The number of para-hydroxylation sites is 1. The Labute approximate surface area is 230 Å². The molecule has 10 nitrogen and oxygen atoms in total. The summed E-state index contributed by atoms with van der Waals surface area (Å²) in [7, 11) is 3.34. The lowest BCUT2D eigenvalue weighted by atomic mass is 10.2. The summed E-state index contributed by atoms with van der Waals surface area (Å²) >= 11 is 12.3. The maximum atomic E-state index is 13.2. The fourth-order valence-corrected chi connectivity index (χ4v) is 4.05. The molecule has 1 N–H and O–H groups in total. The Hall–Kier alpha value is -3.39. The van der Waals surface area contributed by atoms with Crippen molar-refractivity contribution in [2.45, 2.75) is 25.4 Å². The number of ether oxygens (including phenoxy) is 1. The lowest BCUT2D eigenvalue weighted by molar-refractivity contribution is -0.207. The molecule has 0 amide bonds. The molecule has 0 bridgehead atoms. The van der Waals surface area contributed by atoms with Crippen molar-refractivity contribution in [1.82, 2.24) is 29.1 Å². The van der Waals surface area contributed by atoms with Crippen molar-refractivity contribution in [3.63, 3.8) is 0 Å². The minimum absolute atomic E-state index is 0.0806. The molecule has 0 radical (unpaired) electrons. The van der Waals surface area contributed by atoms with Crippen LogP contribution in [0.15, 0.2) is 53.3 Å². The van der Waals surface area contributed by atoms with Gasteiger partial charge in [-0.2, -0.15) is 22.8 Å². The van der Waals surface area contributed by atoms with Gasteiger partial charge in [-0.15, -0.1) is 10.2 Å². The number of halogens is 5. The lowest BCUT2D eigenvalue weighted by Gasteiger charge is -2.18. The van der Waals surface area contributed by atoms with Gasteiger partial charge in [-0.25, -0.2) is 9.48 Å². The largest absolute Gasteiger partial charge is 0.416 e.